The fraction of sp³-hybridized carbons (Fsp3) is 0.238. The van der Waals surface area contributed by atoms with Gasteiger partial charge < -0.3 is 9.64 Å². The maximum absolute atomic E-state index is 13.2. The van der Waals surface area contributed by atoms with E-state index in [1.54, 1.807) is 12.1 Å². The first-order valence-corrected chi connectivity index (χ1v) is 8.82. The van der Waals surface area contributed by atoms with Crippen LogP contribution in [0.25, 0.3) is 11.1 Å². The summed E-state index contributed by atoms with van der Waals surface area (Å²) < 4.78 is 20.6. The van der Waals surface area contributed by atoms with Gasteiger partial charge in [0.25, 0.3) is 0 Å². The predicted molar refractivity (Wildman–Crippen MR) is 98.4 cm³/mol. The molecule has 0 amide bonds. The number of morpholine rings is 1. The number of hydrogen-bond acceptors (Lipinski definition) is 3. The van der Waals surface area contributed by atoms with Gasteiger partial charge in [0.05, 0.1) is 18.8 Å². The maximum atomic E-state index is 13.2. The molecule has 1 fully saturated rings. The fourth-order valence-electron chi connectivity index (χ4n) is 3.12. The molecule has 4 nitrogen and oxygen atoms in total. The first kappa shape index (κ1) is 16.7. The fourth-order valence-corrected chi connectivity index (χ4v) is 3.12. The molecule has 0 atom stereocenters. The third-order valence-electron chi connectivity index (χ3n) is 4.50. The largest absolute Gasteiger partial charge is 0.378 e. The molecular weight excluding hydrogens is 329 g/mol. The summed E-state index contributed by atoms with van der Waals surface area (Å²) in [5.74, 6) is 0.718. The van der Waals surface area contributed by atoms with Crippen molar-refractivity contribution in [1.29, 1.82) is 0 Å². The molecule has 5 heteroatoms. The highest BCUT2D eigenvalue weighted by Crippen LogP contribution is 2.22. The quantitative estimate of drug-likeness (QED) is 0.677. The standard InChI is InChI=1S/C21H21FN3O/c22-20-8-6-17(7-9-20)15-25-16-19(18-4-2-1-3-5-18)14-21(23-25)24-10-12-26-13-11-24/h1-9,14,16H,10-13,15H2/q+1. The summed E-state index contributed by atoms with van der Waals surface area (Å²) in [6.07, 6.45) is 2.04. The van der Waals surface area contributed by atoms with Gasteiger partial charge in [-0.05, 0) is 29.8 Å². The maximum Gasteiger partial charge on any atom is 0.204 e. The molecule has 26 heavy (non-hydrogen) atoms. The number of halogens is 1. The van der Waals surface area contributed by atoms with E-state index in [2.05, 4.69) is 23.1 Å². The minimum atomic E-state index is -0.223. The van der Waals surface area contributed by atoms with Crippen LogP contribution in [0.3, 0.4) is 0 Å². The van der Waals surface area contributed by atoms with Crippen LogP contribution in [-0.4, -0.2) is 31.4 Å². The van der Waals surface area contributed by atoms with Crippen molar-refractivity contribution < 1.29 is 13.8 Å². The molecule has 0 saturated carbocycles. The van der Waals surface area contributed by atoms with Crippen molar-refractivity contribution in [2.45, 2.75) is 6.54 Å². The van der Waals surface area contributed by atoms with Gasteiger partial charge in [0, 0.05) is 29.8 Å². The number of anilines is 1. The first-order valence-electron chi connectivity index (χ1n) is 8.82. The summed E-state index contributed by atoms with van der Waals surface area (Å²) in [4.78, 5) is 2.25. The molecule has 0 N–H and O–H groups in total. The molecule has 132 valence electrons. The lowest BCUT2D eigenvalue weighted by molar-refractivity contribution is -0.744. The third kappa shape index (κ3) is 3.89. The molecule has 0 aliphatic carbocycles. The van der Waals surface area contributed by atoms with E-state index >= 15 is 0 Å². The van der Waals surface area contributed by atoms with Crippen molar-refractivity contribution in [3.63, 3.8) is 0 Å². The molecule has 0 bridgehead atoms. The molecule has 2 heterocycles. The van der Waals surface area contributed by atoms with Crippen LogP contribution in [-0.2, 0) is 11.3 Å². The smallest absolute Gasteiger partial charge is 0.204 e. The number of rotatable bonds is 4. The van der Waals surface area contributed by atoms with Gasteiger partial charge in [-0.25, -0.2) is 4.39 Å². The molecule has 1 saturated heterocycles. The Morgan fingerprint density at radius 3 is 2.42 bits per heavy atom. The highest BCUT2D eigenvalue weighted by molar-refractivity contribution is 5.64. The lowest BCUT2D eigenvalue weighted by atomic mass is 10.1. The molecule has 1 aliphatic heterocycles. The Balaban J connectivity index is 1.70. The SMILES string of the molecule is Fc1ccc(C[n+]2cc(-c3ccccc3)cc(N3CCOCC3)n2)cc1. The van der Waals surface area contributed by atoms with Crippen molar-refractivity contribution in [3.8, 4) is 11.1 Å². The van der Waals surface area contributed by atoms with Crippen LogP contribution < -0.4 is 9.58 Å². The summed E-state index contributed by atoms with van der Waals surface area (Å²) in [7, 11) is 0. The normalized spacial score (nSPS) is 14.4. The highest BCUT2D eigenvalue weighted by Gasteiger charge is 2.19. The van der Waals surface area contributed by atoms with Crippen molar-refractivity contribution >= 4 is 5.82 Å². The second kappa shape index (κ2) is 7.62. The van der Waals surface area contributed by atoms with Gasteiger partial charge in [-0.3, -0.25) is 0 Å². The van der Waals surface area contributed by atoms with Crippen molar-refractivity contribution in [1.82, 2.24) is 5.10 Å². The number of aromatic nitrogens is 2. The number of hydrogen-bond donors (Lipinski definition) is 0. The van der Waals surface area contributed by atoms with Gasteiger partial charge in [-0.1, -0.05) is 35.0 Å². The van der Waals surface area contributed by atoms with Gasteiger partial charge >= 0.3 is 0 Å². The van der Waals surface area contributed by atoms with Crippen molar-refractivity contribution in [2.75, 3.05) is 31.2 Å². The first-order chi connectivity index (χ1) is 12.8. The molecule has 1 aliphatic rings. The van der Waals surface area contributed by atoms with Crippen molar-refractivity contribution in [3.05, 3.63) is 78.2 Å². The zero-order chi connectivity index (χ0) is 17.8. The molecule has 0 radical (unpaired) electrons. The van der Waals surface area contributed by atoms with Crippen LogP contribution in [0.4, 0.5) is 10.2 Å². The van der Waals surface area contributed by atoms with Gasteiger partial charge in [-0.15, -0.1) is 0 Å². The lowest BCUT2D eigenvalue weighted by Gasteiger charge is -2.26. The minimum Gasteiger partial charge on any atom is -0.378 e. The van der Waals surface area contributed by atoms with Gasteiger partial charge in [-0.2, -0.15) is 0 Å². The van der Waals surface area contributed by atoms with Crippen LogP contribution in [0.1, 0.15) is 5.56 Å². The Morgan fingerprint density at radius 1 is 0.962 bits per heavy atom. The average molecular weight is 350 g/mol. The summed E-state index contributed by atoms with van der Waals surface area (Å²) in [5.41, 5.74) is 3.28. The van der Waals surface area contributed by atoms with E-state index in [1.807, 2.05) is 29.1 Å². The van der Waals surface area contributed by atoms with E-state index in [1.165, 1.54) is 12.1 Å². The van der Waals surface area contributed by atoms with E-state index < -0.39 is 0 Å². The summed E-state index contributed by atoms with van der Waals surface area (Å²) >= 11 is 0. The Labute approximate surface area is 152 Å². The Bertz CT molecular complexity index is 862. The van der Waals surface area contributed by atoms with Crippen LogP contribution >= 0.6 is 0 Å². The minimum absolute atomic E-state index is 0.223. The Kier molecular flexibility index (Phi) is 4.88. The Morgan fingerprint density at radius 2 is 1.69 bits per heavy atom. The molecule has 0 spiro atoms. The number of ether oxygens (including phenoxy) is 1. The second-order valence-electron chi connectivity index (χ2n) is 6.38. The van der Waals surface area contributed by atoms with Crippen LogP contribution in [0.15, 0.2) is 66.9 Å². The molecule has 2 aromatic carbocycles. The van der Waals surface area contributed by atoms with Gasteiger partial charge in [0.1, 0.15) is 5.82 Å². The number of benzene rings is 2. The second-order valence-corrected chi connectivity index (χ2v) is 6.38. The van der Waals surface area contributed by atoms with Crippen LogP contribution in [0, 0.1) is 5.82 Å². The van der Waals surface area contributed by atoms with Crippen LogP contribution in [0.2, 0.25) is 0 Å². The van der Waals surface area contributed by atoms with E-state index in [-0.39, 0.29) is 5.82 Å². The number of nitrogens with zero attached hydrogens (tertiary/aromatic N) is 3. The third-order valence-corrected chi connectivity index (χ3v) is 4.50. The van der Waals surface area contributed by atoms with E-state index in [0.717, 1.165) is 48.8 Å². The Hall–Kier alpha value is -2.79. The van der Waals surface area contributed by atoms with E-state index in [0.29, 0.717) is 6.54 Å². The van der Waals surface area contributed by atoms with Crippen LogP contribution in [0.5, 0.6) is 0 Å². The summed E-state index contributed by atoms with van der Waals surface area (Å²) in [6.45, 7) is 3.70. The molecule has 0 unspecified atom stereocenters. The zero-order valence-corrected chi connectivity index (χ0v) is 14.5. The topological polar surface area (TPSA) is 29.2 Å². The molecule has 3 aromatic rings. The average Bonchev–Trinajstić information content (AvgIpc) is 2.71. The van der Waals surface area contributed by atoms with E-state index in [9.17, 15) is 4.39 Å². The lowest BCUT2D eigenvalue weighted by Crippen LogP contribution is -2.43. The van der Waals surface area contributed by atoms with Gasteiger partial charge in [0.15, 0.2) is 12.4 Å². The highest BCUT2D eigenvalue weighted by atomic mass is 19.1. The monoisotopic (exact) mass is 350 g/mol. The summed E-state index contributed by atoms with van der Waals surface area (Å²) in [6, 6.07) is 19.0. The summed E-state index contributed by atoms with van der Waals surface area (Å²) in [5, 5.41) is 4.79. The molecule has 4 rings (SSSR count). The molecule has 1 aromatic heterocycles. The predicted octanol–water partition coefficient (Wildman–Crippen LogP) is 3.06. The molecular formula is C21H21FN3O+. The van der Waals surface area contributed by atoms with Crippen molar-refractivity contribution in [2.24, 2.45) is 0 Å². The zero-order valence-electron chi connectivity index (χ0n) is 14.5. The van der Waals surface area contributed by atoms with Gasteiger partial charge in [0.2, 0.25) is 6.20 Å². The van der Waals surface area contributed by atoms with E-state index in [4.69, 9.17) is 9.84 Å².